The highest BCUT2D eigenvalue weighted by molar-refractivity contribution is 7.99. The molecule has 2 N–H and O–H groups in total. The summed E-state index contributed by atoms with van der Waals surface area (Å²) in [4.78, 5) is 20.9. The van der Waals surface area contributed by atoms with Crippen molar-refractivity contribution in [3.05, 3.63) is 41.6 Å². The van der Waals surface area contributed by atoms with E-state index in [0.717, 1.165) is 15.6 Å². The number of hydrogen-bond acceptors (Lipinski definition) is 5. The van der Waals surface area contributed by atoms with E-state index in [4.69, 9.17) is 5.90 Å². The molecule has 0 saturated carbocycles. The van der Waals surface area contributed by atoms with Crippen molar-refractivity contribution >= 4 is 17.7 Å². The highest BCUT2D eigenvalue weighted by Gasteiger charge is 2.20. The van der Waals surface area contributed by atoms with Gasteiger partial charge in [0.2, 0.25) is 0 Å². The molecule has 0 spiro atoms. The van der Waals surface area contributed by atoms with E-state index in [2.05, 4.69) is 9.82 Å². The minimum atomic E-state index is -0.550. The molecule has 1 aromatic heterocycles. The topological polar surface area (TPSA) is 70.1 Å². The summed E-state index contributed by atoms with van der Waals surface area (Å²) in [6, 6.07) is 6.36. The summed E-state index contributed by atoms with van der Waals surface area (Å²) in [6.45, 7) is 4.03. The fourth-order valence-corrected chi connectivity index (χ4v) is 3.19. The van der Waals surface area contributed by atoms with Crippen LogP contribution >= 0.6 is 11.8 Å². The molecule has 0 atom stereocenters. The lowest BCUT2D eigenvalue weighted by molar-refractivity contribution is -0.143. The van der Waals surface area contributed by atoms with E-state index in [1.165, 1.54) is 23.9 Å². The maximum atomic E-state index is 13.3. The molecular weight excluding hydrogens is 305 g/mol. The summed E-state index contributed by atoms with van der Waals surface area (Å²) in [5.74, 6) is 4.78. The van der Waals surface area contributed by atoms with Gasteiger partial charge in [-0.25, -0.2) is 14.2 Å². The molecule has 0 radical (unpaired) electrons. The second-order valence-corrected chi connectivity index (χ2v) is 6.22. The van der Waals surface area contributed by atoms with Crippen molar-refractivity contribution in [3.63, 3.8) is 0 Å². The molecule has 7 heteroatoms. The predicted molar refractivity (Wildman–Crippen MR) is 81.8 cm³/mol. The molecule has 0 saturated heterocycles. The number of aromatic nitrogens is 2. The fraction of sp³-hybridized carbons (Fsp3) is 0.333. The van der Waals surface area contributed by atoms with Crippen molar-refractivity contribution < 1.29 is 14.0 Å². The number of benzene rings is 1. The number of carbonyl (C=O) groups is 1. The van der Waals surface area contributed by atoms with Crippen LogP contribution in [0.2, 0.25) is 0 Å². The molecule has 0 unspecified atom stereocenters. The number of nitrogens with two attached hydrogens (primary N) is 1. The average molecular weight is 323 g/mol. The van der Waals surface area contributed by atoms with Crippen LogP contribution in [0.15, 0.2) is 34.2 Å². The van der Waals surface area contributed by atoms with Crippen molar-refractivity contribution in [1.29, 1.82) is 0 Å². The lowest BCUT2D eigenvalue weighted by Gasteiger charge is -2.08. The van der Waals surface area contributed by atoms with Crippen molar-refractivity contribution in [2.75, 3.05) is 0 Å². The van der Waals surface area contributed by atoms with Gasteiger partial charge in [-0.05, 0) is 24.1 Å². The van der Waals surface area contributed by atoms with Gasteiger partial charge in [0.25, 0.3) is 0 Å². The number of halogens is 1. The van der Waals surface area contributed by atoms with Gasteiger partial charge in [0.1, 0.15) is 23.1 Å². The number of hydrogen-bond donors (Lipinski definition) is 1. The minimum absolute atomic E-state index is 0.00354. The van der Waals surface area contributed by atoms with Crippen molar-refractivity contribution in [3.8, 4) is 0 Å². The Bertz CT molecular complexity index is 685. The van der Waals surface area contributed by atoms with Crippen molar-refractivity contribution in [1.82, 2.24) is 9.55 Å². The third-order valence-corrected chi connectivity index (χ3v) is 4.32. The van der Waals surface area contributed by atoms with Gasteiger partial charge in [0.15, 0.2) is 0 Å². The summed E-state index contributed by atoms with van der Waals surface area (Å²) in [5.41, 5.74) is 0.858. The Balaban J connectivity index is 2.38. The Hall–Kier alpha value is -1.86. The minimum Gasteiger partial charge on any atom is -0.373 e. The van der Waals surface area contributed by atoms with Crippen LogP contribution in [0.3, 0.4) is 0 Å². The van der Waals surface area contributed by atoms with Crippen LogP contribution in [-0.2, 0) is 23.1 Å². The SMILES string of the molecule is CC(C)c1nc(CC(=O)ON)n(C)c1Sc1cccc(F)c1. The number of rotatable bonds is 5. The van der Waals surface area contributed by atoms with Crippen LogP contribution in [0.1, 0.15) is 31.3 Å². The normalized spacial score (nSPS) is 11.0. The first-order valence-corrected chi connectivity index (χ1v) is 7.62. The summed E-state index contributed by atoms with van der Waals surface area (Å²) < 4.78 is 15.2. The van der Waals surface area contributed by atoms with E-state index in [9.17, 15) is 9.18 Å². The second kappa shape index (κ2) is 6.93. The number of imidazole rings is 1. The lowest BCUT2D eigenvalue weighted by Crippen LogP contribution is -2.15. The van der Waals surface area contributed by atoms with Crippen LogP contribution in [0, 0.1) is 5.82 Å². The largest absolute Gasteiger partial charge is 0.373 e. The molecule has 22 heavy (non-hydrogen) atoms. The third kappa shape index (κ3) is 3.66. The Labute approximate surface area is 132 Å². The molecule has 0 aliphatic rings. The van der Waals surface area contributed by atoms with E-state index in [1.54, 1.807) is 6.07 Å². The van der Waals surface area contributed by atoms with E-state index >= 15 is 0 Å². The van der Waals surface area contributed by atoms with Gasteiger partial charge in [-0.3, -0.25) is 0 Å². The maximum Gasteiger partial charge on any atom is 0.331 e. The molecule has 5 nitrogen and oxygen atoms in total. The Morgan fingerprint density at radius 3 is 2.82 bits per heavy atom. The highest BCUT2D eigenvalue weighted by Crippen LogP contribution is 2.34. The summed E-state index contributed by atoms with van der Waals surface area (Å²) in [7, 11) is 1.82. The van der Waals surface area contributed by atoms with Gasteiger partial charge >= 0.3 is 5.97 Å². The summed E-state index contributed by atoms with van der Waals surface area (Å²) in [6.07, 6.45) is -0.00354. The van der Waals surface area contributed by atoms with Crippen LogP contribution in [-0.4, -0.2) is 15.5 Å². The molecule has 0 fully saturated rings. The van der Waals surface area contributed by atoms with Crippen LogP contribution in [0.5, 0.6) is 0 Å². The molecule has 1 heterocycles. The van der Waals surface area contributed by atoms with Crippen LogP contribution in [0.4, 0.5) is 4.39 Å². The molecule has 2 aromatic rings. The predicted octanol–water partition coefficient (Wildman–Crippen LogP) is 2.79. The lowest BCUT2D eigenvalue weighted by atomic mass is 10.1. The first-order valence-electron chi connectivity index (χ1n) is 6.80. The fourth-order valence-electron chi connectivity index (χ4n) is 2.02. The maximum absolute atomic E-state index is 13.3. The third-order valence-electron chi connectivity index (χ3n) is 3.15. The zero-order chi connectivity index (χ0) is 16.3. The van der Waals surface area contributed by atoms with E-state index < -0.39 is 5.97 Å². The highest BCUT2D eigenvalue weighted by atomic mass is 32.2. The first-order chi connectivity index (χ1) is 10.4. The Kier molecular flexibility index (Phi) is 5.20. The van der Waals surface area contributed by atoms with Crippen molar-refractivity contribution in [2.45, 2.75) is 36.1 Å². The van der Waals surface area contributed by atoms with E-state index in [-0.39, 0.29) is 18.2 Å². The van der Waals surface area contributed by atoms with Gasteiger partial charge < -0.3 is 9.40 Å². The second-order valence-electron chi connectivity index (χ2n) is 5.16. The van der Waals surface area contributed by atoms with Crippen LogP contribution < -0.4 is 5.90 Å². The standard InChI is InChI=1S/C15H18FN3O2S/c1-9(2)14-15(22-11-6-4-5-10(16)7-11)19(3)12(18-14)8-13(20)21-17/h4-7,9H,8,17H2,1-3H3. The van der Waals surface area contributed by atoms with Crippen molar-refractivity contribution in [2.24, 2.45) is 12.9 Å². The number of nitrogens with zero attached hydrogens (tertiary/aromatic N) is 2. The van der Waals surface area contributed by atoms with Gasteiger partial charge in [0, 0.05) is 11.9 Å². The quantitative estimate of drug-likeness (QED) is 0.857. The summed E-state index contributed by atoms with van der Waals surface area (Å²) in [5, 5.41) is 0.875. The molecule has 118 valence electrons. The number of carbonyl (C=O) groups excluding carboxylic acids is 1. The van der Waals surface area contributed by atoms with Gasteiger partial charge in [-0.2, -0.15) is 5.90 Å². The Morgan fingerprint density at radius 2 is 2.23 bits per heavy atom. The zero-order valence-corrected chi connectivity index (χ0v) is 13.5. The molecule has 1 aromatic carbocycles. The van der Waals surface area contributed by atoms with Crippen LogP contribution in [0.25, 0.3) is 0 Å². The Morgan fingerprint density at radius 1 is 1.50 bits per heavy atom. The van der Waals surface area contributed by atoms with E-state index in [1.807, 2.05) is 31.5 Å². The first kappa shape index (κ1) is 16.5. The molecule has 0 amide bonds. The van der Waals surface area contributed by atoms with E-state index in [0.29, 0.717) is 5.82 Å². The van der Waals surface area contributed by atoms with Gasteiger partial charge in [-0.1, -0.05) is 31.7 Å². The smallest absolute Gasteiger partial charge is 0.331 e. The monoisotopic (exact) mass is 323 g/mol. The molecular formula is C15H18FN3O2S. The molecule has 0 aliphatic carbocycles. The zero-order valence-electron chi connectivity index (χ0n) is 12.7. The molecule has 0 aliphatic heterocycles. The summed E-state index contributed by atoms with van der Waals surface area (Å²) >= 11 is 1.42. The molecule has 0 bridgehead atoms. The average Bonchev–Trinajstić information content (AvgIpc) is 2.76. The van der Waals surface area contributed by atoms with Gasteiger partial charge in [-0.15, -0.1) is 0 Å². The molecule has 2 rings (SSSR count). The van der Waals surface area contributed by atoms with Gasteiger partial charge in [0.05, 0.1) is 5.69 Å².